The van der Waals surface area contributed by atoms with Gasteiger partial charge in [-0.3, -0.25) is 14.8 Å². The minimum atomic E-state index is -0.118. The molecule has 0 aliphatic carbocycles. The third-order valence-corrected chi connectivity index (χ3v) is 3.26. The van der Waals surface area contributed by atoms with Crippen LogP contribution < -0.4 is 4.74 Å². The molecule has 108 valence electrons. The fraction of sp³-hybridized carbons (Fsp3) is 0.357. The van der Waals surface area contributed by atoms with Crippen LogP contribution in [-0.4, -0.2) is 49.9 Å². The molecule has 3 heterocycles. The number of hydrogen-bond donors (Lipinski definition) is 0. The van der Waals surface area contributed by atoms with E-state index in [1.165, 1.54) is 6.20 Å². The van der Waals surface area contributed by atoms with Gasteiger partial charge in [0.25, 0.3) is 5.91 Å². The van der Waals surface area contributed by atoms with Crippen LogP contribution in [0.4, 0.5) is 0 Å². The molecule has 1 saturated heterocycles. The predicted octanol–water partition coefficient (Wildman–Crippen LogP) is 0.869. The van der Waals surface area contributed by atoms with E-state index in [2.05, 4.69) is 19.9 Å². The van der Waals surface area contributed by atoms with Gasteiger partial charge in [0.1, 0.15) is 11.8 Å². The van der Waals surface area contributed by atoms with Gasteiger partial charge in [-0.25, -0.2) is 9.97 Å². The highest BCUT2D eigenvalue weighted by Crippen LogP contribution is 2.17. The van der Waals surface area contributed by atoms with Gasteiger partial charge in [0.15, 0.2) is 0 Å². The lowest BCUT2D eigenvalue weighted by Gasteiger charge is -2.16. The lowest BCUT2D eigenvalue weighted by Crippen LogP contribution is -2.31. The molecule has 2 aromatic heterocycles. The summed E-state index contributed by atoms with van der Waals surface area (Å²) < 4.78 is 5.71. The number of aryl methyl sites for hydroxylation is 1. The van der Waals surface area contributed by atoms with Crippen molar-refractivity contribution in [1.82, 2.24) is 24.8 Å². The molecule has 1 aliphatic rings. The fourth-order valence-corrected chi connectivity index (χ4v) is 2.19. The maximum atomic E-state index is 12.3. The number of nitrogens with zero attached hydrogens (tertiary/aromatic N) is 5. The number of rotatable bonds is 3. The number of carbonyl (C=O) groups excluding carboxylic acids is 1. The van der Waals surface area contributed by atoms with Gasteiger partial charge in [-0.15, -0.1) is 0 Å². The summed E-state index contributed by atoms with van der Waals surface area (Å²) in [7, 11) is 0. The summed E-state index contributed by atoms with van der Waals surface area (Å²) in [6.45, 7) is 2.99. The molecule has 3 rings (SSSR count). The maximum absolute atomic E-state index is 12.3. The van der Waals surface area contributed by atoms with Crippen molar-refractivity contribution in [3.05, 3.63) is 42.4 Å². The van der Waals surface area contributed by atoms with Crippen LogP contribution in [0.1, 0.15) is 22.6 Å². The Balaban J connectivity index is 1.61. The van der Waals surface area contributed by atoms with E-state index >= 15 is 0 Å². The molecular weight excluding hydrogens is 270 g/mol. The van der Waals surface area contributed by atoms with Crippen molar-refractivity contribution in [2.75, 3.05) is 13.1 Å². The van der Waals surface area contributed by atoms with Crippen molar-refractivity contribution in [1.29, 1.82) is 0 Å². The van der Waals surface area contributed by atoms with Crippen LogP contribution in [0.15, 0.2) is 31.0 Å². The minimum Gasteiger partial charge on any atom is -0.471 e. The minimum absolute atomic E-state index is 0.0657. The zero-order valence-corrected chi connectivity index (χ0v) is 11.6. The van der Waals surface area contributed by atoms with Crippen LogP contribution in [0.25, 0.3) is 0 Å². The van der Waals surface area contributed by atoms with Crippen LogP contribution in [0.2, 0.25) is 0 Å². The number of likely N-dealkylation sites (tertiary alicyclic amines) is 1. The van der Waals surface area contributed by atoms with Gasteiger partial charge >= 0.3 is 0 Å². The number of hydrogen-bond acceptors (Lipinski definition) is 6. The summed E-state index contributed by atoms with van der Waals surface area (Å²) in [5.74, 6) is 0.361. The first kappa shape index (κ1) is 13.4. The van der Waals surface area contributed by atoms with Crippen molar-refractivity contribution in [3.63, 3.8) is 0 Å². The van der Waals surface area contributed by atoms with Crippen molar-refractivity contribution in [2.24, 2.45) is 0 Å². The Morgan fingerprint density at radius 3 is 2.86 bits per heavy atom. The molecule has 1 fully saturated rings. The third kappa shape index (κ3) is 3.13. The number of ether oxygens (including phenoxy) is 1. The molecule has 1 unspecified atom stereocenters. The molecule has 1 aliphatic heterocycles. The van der Waals surface area contributed by atoms with Gasteiger partial charge in [-0.1, -0.05) is 0 Å². The molecule has 2 aromatic rings. The SMILES string of the molecule is Cc1cnc(C(=O)N2CCC(Oc3cnccn3)C2)cn1. The number of amides is 1. The fourth-order valence-electron chi connectivity index (χ4n) is 2.19. The number of carbonyl (C=O) groups is 1. The molecule has 21 heavy (non-hydrogen) atoms. The molecule has 1 amide bonds. The molecular formula is C14H15N5O2. The monoisotopic (exact) mass is 285 g/mol. The lowest BCUT2D eigenvalue weighted by atomic mass is 10.3. The van der Waals surface area contributed by atoms with E-state index in [4.69, 9.17) is 4.74 Å². The van der Waals surface area contributed by atoms with Gasteiger partial charge < -0.3 is 9.64 Å². The largest absolute Gasteiger partial charge is 0.471 e. The summed E-state index contributed by atoms with van der Waals surface area (Å²) in [5.41, 5.74) is 1.15. The molecule has 0 saturated carbocycles. The highest BCUT2D eigenvalue weighted by Gasteiger charge is 2.29. The van der Waals surface area contributed by atoms with E-state index in [9.17, 15) is 4.79 Å². The van der Waals surface area contributed by atoms with Crippen LogP contribution >= 0.6 is 0 Å². The Kier molecular flexibility index (Phi) is 3.72. The van der Waals surface area contributed by atoms with Crippen molar-refractivity contribution in [3.8, 4) is 5.88 Å². The van der Waals surface area contributed by atoms with Gasteiger partial charge in [0, 0.05) is 31.6 Å². The van der Waals surface area contributed by atoms with Gasteiger partial charge in [-0.2, -0.15) is 0 Å². The average Bonchev–Trinajstić information content (AvgIpc) is 2.97. The number of aromatic nitrogens is 4. The highest BCUT2D eigenvalue weighted by molar-refractivity contribution is 5.92. The molecule has 0 N–H and O–H groups in total. The van der Waals surface area contributed by atoms with Gasteiger partial charge in [0.05, 0.1) is 24.6 Å². The van der Waals surface area contributed by atoms with Crippen LogP contribution in [-0.2, 0) is 0 Å². The molecule has 1 atom stereocenters. The summed E-state index contributed by atoms with van der Waals surface area (Å²) in [6, 6.07) is 0. The third-order valence-electron chi connectivity index (χ3n) is 3.26. The standard InChI is InChI=1S/C14H15N5O2/c1-10-6-18-12(7-17-10)14(20)19-5-2-11(9-19)21-13-8-15-3-4-16-13/h3-4,6-8,11H,2,5,9H2,1H3. The van der Waals surface area contributed by atoms with E-state index in [1.54, 1.807) is 29.7 Å². The topological polar surface area (TPSA) is 81.1 Å². The molecule has 7 nitrogen and oxygen atoms in total. The van der Waals surface area contributed by atoms with Crippen LogP contribution in [0.5, 0.6) is 5.88 Å². The van der Waals surface area contributed by atoms with Gasteiger partial charge in [-0.05, 0) is 6.92 Å². The zero-order valence-electron chi connectivity index (χ0n) is 11.6. The second-order valence-corrected chi connectivity index (χ2v) is 4.87. The molecule has 0 radical (unpaired) electrons. The van der Waals surface area contributed by atoms with Crippen molar-refractivity contribution in [2.45, 2.75) is 19.4 Å². The quantitative estimate of drug-likeness (QED) is 0.832. The summed E-state index contributed by atoms with van der Waals surface area (Å²) in [5, 5.41) is 0. The van der Waals surface area contributed by atoms with Crippen LogP contribution in [0, 0.1) is 6.92 Å². The average molecular weight is 285 g/mol. The Hall–Kier alpha value is -2.57. The first-order chi connectivity index (χ1) is 10.2. The Labute approximate surface area is 122 Å². The van der Waals surface area contributed by atoms with E-state index in [0.717, 1.165) is 12.1 Å². The second-order valence-electron chi connectivity index (χ2n) is 4.87. The Morgan fingerprint density at radius 2 is 2.14 bits per heavy atom. The second kappa shape index (κ2) is 5.82. The Morgan fingerprint density at radius 1 is 1.24 bits per heavy atom. The first-order valence-electron chi connectivity index (χ1n) is 6.73. The van der Waals surface area contributed by atoms with Gasteiger partial charge in [0.2, 0.25) is 5.88 Å². The lowest BCUT2D eigenvalue weighted by molar-refractivity contribution is 0.0765. The smallest absolute Gasteiger partial charge is 0.274 e. The van der Waals surface area contributed by atoms with Crippen LogP contribution in [0.3, 0.4) is 0 Å². The molecule has 7 heteroatoms. The zero-order chi connectivity index (χ0) is 14.7. The van der Waals surface area contributed by atoms with E-state index in [1.807, 2.05) is 6.92 Å². The highest BCUT2D eigenvalue weighted by atomic mass is 16.5. The normalized spacial score (nSPS) is 17.8. The van der Waals surface area contributed by atoms with E-state index in [-0.39, 0.29) is 12.0 Å². The maximum Gasteiger partial charge on any atom is 0.274 e. The summed E-state index contributed by atoms with van der Waals surface area (Å²) in [4.78, 5) is 30.3. The summed E-state index contributed by atoms with van der Waals surface area (Å²) in [6.07, 6.45) is 8.54. The molecule has 0 aromatic carbocycles. The molecule has 0 spiro atoms. The van der Waals surface area contributed by atoms with Crippen molar-refractivity contribution >= 4 is 5.91 Å². The molecule has 0 bridgehead atoms. The Bertz CT molecular complexity index is 617. The van der Waals surface area contributed by atoms with Crippen molar-refractivity contribution < 1.29 is 9.53 Å². The predicted molar refractivity (Wildman–Crippen MR) is 73.7 cm³/mol. The first-order valence-corrected chi connectivity index (χ1v) is 6.73. The van der Waals surface area contributed by atoms with E-state index in [0.29, 0.717) is 24.7 Å². The van der Waals surface area contributed by atoms with E-state index < -0.39 is 0 Å². The summed E-state index contributed by atoms with van der Waals surface area (Å²) >= 11 is 0.